The topological polar surface area (TPSA) is 6.48 Å². The minimum Gasteiger partial charge on any atom is -0.369 e. The molecule has 13 heavy (non-hydrogen) atoms. The predicted molar refractivity (Wildman–Crippen MR) is 57.6 cm³/mol. The summed E-state index contributed by atoms with van der Waals surface area (Å²) in [5.41, 5.74) is 2.67. The fourth-order valence-electron chi connectivity index (χ4n) is 1.70. The van der Waals surface area contributed by atoms with Crippen LogP contribution in [0.3, 0.4) is 0 Å². The van der Waals surface area contributed by atoms with Gasteiger partial charge in [-0.15, -0.1) is 0 Å². The van der Waals surface area contributed by atoms with Gasteiger partial charge in [0, 0.05) is 31.9 Å². The SMILES string of the molecule is C=CC(=C(C)C)N1CCN(C)CC1. The van der Waals surface area contributed by atoms with E-state index in [0.717, 1.165) is 26.2 Å². The van der Waals surface area contributed by atoms with Gasteiger partial charge in [-0.05, 0) is 27.0 Å². The molecular weight excluding hydrogens is 160 g/mol. The van der Waals surface area contributed by atoms with Gasteiger partial charge in [-0.25, -0.2) is 0 Å². The third-order valence-corrected chi connectivity index (χ3v) is 2.55. The maximum Gasteiger partial charge on any atom is 0.0347 e. The Balaban J connectivity index is 2.62. The number of rotatable bonds is 2. The second-order valence-electron chi connectivity index (χ2n) is 3.88. The monoisotopic (exact) mass is 180 g/mol. The second-order valence-corrected chi connectivity index (χ2v) is 3.88. The average molecular weight is 180 g/mol. The molecule has 1 saturated heterocycles. The molecule has 1 aliphatic heterocycles. The Morgan fingerprint density at radius 3 is 2.08 bits per heavy atom. The number of hydrogen-bond donors (Lipinski definition) is 0. The molecule has 74 valence electrons. The third-order valence-electron chi connectivity index (χ3n) is 2.55. The van der Waals surface area contributed by atoms with Crippen LogP contribution < -0.4 is 0 Å². The first-order chi connectivity index (χ1) is 6.15. The lowest BCUT2D eigenvalue weighted by Gasteiger charge is -2.35. The second kappa shape index (κ2) is 4.47. The summed E-state index contributed by atoms with van der Waals surface area (Å²) in [5.74, 6) is 0. The fourth-order valence-corrected chi connectivity index (χ4v) is 1.70. The van der Waals surface area contributed by atoms with Gasteiger partial charge in [-0.2, -0.15) is 0 Å². The first-order valence-corrected chi connectivity index (χ1v) is 4.88. The largest absolute Gasteiger partial charge is 0.369 e. The molecule has 0 N–H and O–H groups in total. The van der Waals surface area contributed by atoms with Gasteiger partial charge >= 0.3 is 0 Å². The molecule has 0 aromatic carbocycles. The van der Waals surface area contributed by atoms with E-state index >= 15 is 0 Å². The zero-order valence-corrected chi connectivity index (χ0v) is 9.01. The summed E-state index contributed by atoms with van der Waals surface area (Å²) < 4.78 is 0. The zero-order chi connectivity index (χ0) is 9.84. The molecule has 0 aliphatic carbocycles. The van der Waals surface area contributed by atoms with E-state index in [9.17, 15) is 0 Å². The molecule has 1 aliphatic rings. The summed E-state index contributed by atoms with van der Waals surface area (Å²) in [5, 5.41) is 0. The van der Waals surface area contributed by atoms with E-state index in [-0.39, 0.29) is 0 Å². The van der Waals surface area contributed by atoms with Gasteiger partial charge in [0.2, 0.25) is 0 Å². The van der Waals surface area contributed by atoms with Crippen LogP contribution in [-0.4, -0.2) is 43.0 Å². The van der Waals surface area contributed by atoms with E-state index < -0.39 is 0 Å². The summed E-state index contributed by atoms with van der Waals surface area (Å²) in [6.45, 7) is 12.7. The maximum atomic E-state index is 3.86. The molecule has 1 heterocycles. The Hall–Kier alpha value is -0.760. The lowest BCUT2D eigenvalue weighted by atomic mass is 10.2. The minimum atomic E-state index is 1.13. The molecule has 0 aromatic rings. The van der Waals surface area contributed by atoms with Crippen LogP contribution in [0.2, 0.25) is 0 Å². The van der Waals surface area contributed by atoms with Crippen LogP contribution in [0.5, 0.6) is 0 Å². The Labute approximate surface area is 81.5 Å². The van der Waals surface area contributed by atoms with Crippen LogP contribution in [0.1, 0.15) is 13.8 Å². The number of piperazine rings is 1. The zero-order valence-electron chi connectivity index (χ0n) is 9.01. The normalized spacial score (nSPS) is 18.5. The molecule has 0 bridgehead atoms. The molecule has 0 radical (unpaired) electrons. The van der Waals surface area contributed by atoms with Crippen molar-refractivity contribution in [2.75, 3.05) is 33.2 Å². The van der Waals surface area contributed by atoms with E-state index in [1.54, 1.807) is 0 Å². The van der Waals surface area contributed by atoms with Gasteiger partial charge in [0.05, 0.1) is 0 Å². The van der Waals surface area contributed by atoms with Crippen molar-refractivity contribution in [2.45, 2.75) is 13.8 Å². The van der Waals surface area contributed by atoms with Crippen LogP contribution in [0.25, 0.3) is 0 Å². The van der Waals surface area contributed by atoms with Gasteiger partial charge < -0.3 is 9.80 Å². The van der Waals surface area contributed by atoms with E-state index in [4.69, 9.17) is 0 Å². The molecule has 0 saturated carbocycles. The number of nitrogens with zero attached hydrogens (tertiary/aromatic N) is 2. The first-order valence-electron chi connectivity index (χ1n) is 4.88. The van der Waals surface area contributed by atoms with Gasteiger partial charge in [0.25, 0.3) is 0 Å². The summed E-state index contributed by atoms with van der Waals surface area (Å²) >= 11 is 0. The molecule has 1 rings (SSSR count). The summed E-state index contributed by atoms with van der Waals surface area (Å²) in [4.78, 5) is 4.78. The highest BCUT2D eigenvalue weighted by Crippen LogP contribution is 2.13. The summed E-state index contributed by atoms with van der Waals surface area (Å²) in [6, 6.07) is 0. The molecule has 2 heteroatoms. The van der Waals surface area contributed by atoms with E-state index in [0.29, 0.717) is 0 Å². The van der Waals surface area contributed by atoms with E-state index in [2.05, 4.69) is 37.3 Å². The van der Waals surface area contributed by atoms with E-state index in [1.165, 1.54) is 11.3 Å². The predicted octanol–water partition coefficient (Wildman–Crippen LogP) is 1.71. The highest BCUT2D eigenvalue weighted by atomic mass is 15.2. The Bertz CT molecular complexity index is 206. The van der Waals surface area contributed by atoms with Crippen molar-refractivity contribution in [3.05, 3.63) is 23.9 Å². The van der Waals surface area contributed by atoms with Crippen molar-refractivity contribution < 1.29 is 0 Å². The molecule has 1 fully saturated rings. The molecule has 0 spiro atoms. The molecule has 0 amide bonds. The van der Waals surface area contributed by atoms with Crippen LogP contribution >= 0.6 is 0 Å². The Morgan fingerprint density at radius 2 is 1.69 bits per heavy atom. The molecule has 0 unspecified atom stereocenters. The van der Waals surface area contributed by atoms with Gasteiger partial charge in [0.1, 0.15) is 0 Å². The van der Waals surface area contributed by atoms with Crippen LogP contribution in [0.4, 0.5) is 0 Å². The first kappa shape index (κ1) is 10.3. The fraction of sp³-hybridized carbons (Fsp3) is 0.636. The Kier molecular flexibility index (Phi) is 3.55. The number of allylic oxidation sites excluding steroid dienone is 2. The lowest BCUT2D eigenvalue weighted by Crippen LogP contribution is -2.43. The molecule has 2 nitrogen and oxygen atoms in total. The van der Waals surface area contributed by atoms with Gasteiger partial charge in [0.15, 0.2) is 0 Å². The van der Waals surface area contributed by atoms with Gasteiger partial charge in [-0.1, -0.05) is 12.2 Å². The minimum absolute atomic E-state index is 1.13. The standard InChI is InChI=1S/C11H20N2/c1-5-11(10(2)3)13-8-6-12(4)7-9-13/h5H,1,6-9H2,2-4H3. The van der Waals surface area contributed by atoms with Crippen LogP contribution in [-0.2, 0) is 0 Å². The van der Waals surface area contributed by atoms with Crippen molar-refractivity contribution in [3.63, 3.8) is 0 Å². The lowest BCUT2D eigenvalue weighted by molar-refractivity contribution is 0.189. The highest BCUT2D eigenvalue weighted by molar-refractivity contribution is 5.20. The summed E-state index contributed by atoms with van der Waals surface area (Å²) in [7, 11) is 2.17. The highest BCUT2D eigenvalue weighted by Gasteiger charge is 2.14. The van der Waals surface area contributed by atoms with Crippen molar-refractivity contribution in [3.8, 4) is 0 Å². The van der Waals surface area contributed by atoms with Gasteiger partial charge in [-0.3, -0.25) is 0 Å². The van der Waals surface area contributed by atoms with E-state index in [1.807, 2.05) is 6.08 Å². The number of hydrogen-bond acceptors (Lipinski definition) is 2. The smallest absolute Gasteiger partial charge is 0.0347 e. The third kappa shape index (κ3) is 2.59. The van der Waals surface area contributed by atoms with Crippen molar-refractivity contribution >= 4 is 0 Å². The maximum absolute atomic E-state index is 3.86. The molecule has 0 atom stereocenters. The van der Waals surface area contributed by atoms with Crippen molar-refractivity contribution in [1.29, 1.82) is 0 Å². The Morgan fingerprint density at radius 1 is 1.15 bits per heavy atom. The molecular formula is C11H20N2. The molecule has 0 aromatic heterocycles. The summed E-state index contributed by atoms with van der Waals surface area (Å²) in [6.07, 6.45) is 1.97. The quantitative estimate of drug-likeness (QED) is 0.597. The number of likely N-dealkylation sites (N-methyl/N-ethyl adjacent to an activating group) is 1. The van der Waals surface area contributed by atoms with Crippen molar-refractivity contribution in [1.82, 2.24) is 9.80 Å². The van der Waals surface area contributed by atoms with Crippen LogP contribution in [0.15, 0.2) is 23.9 Å². The van der Waals surface area contributed by atoms with Crippen molar-refractivity contribution in [2.24, 2.45) is 0 Å². The average Bonchev–Trinajstić information content (AvgIpc) is 2.09. The van der Waals surface area contributed by atoms with Crippen LogP contribution in [0, 0.1) is 0 Å².